The number of nitrogens with one attached hydrogen (secondary N) is 1. The summed E-state index contributed by atoms with van der Waals surface area (Å²) in [5.74, 6) is 1.85. The van der Waals surface area contributed by atoms with E-state index >= 15 is 0 Å². The Bertz CT molecular complexity index is 405. The molecule has 20 heavy (non-hydrogen) atoms. The number of hydrogen-bond acceptors (Lipinski definition) is 2. The highest BCUT2D eigenvalue weighted by molar-refractivity contribution is 9.10. The lowest BCUT2D eigenvalue weighted by Crippen LogP contribution is -2.58. The van der Waals surface area contributed by atoms with Gasteiger partial charge in [-0.25, -0.2) is 0 Å². The summed E-state index contributed by atoms with van der Waals surface area (Å²) in [6.45, 7) is 1.57. The second kappa shape index (κ2) is 4.70. The smallest absolute Gasteiger partial charge is 0.226 e. The van der Waals surface area contributed by atoms with Crippen molar-refractivity contribution < 1.29 is 9.53 Å². The predicted molar refractivity (Wildman–Crippen MR) is 80.8 cm³/mol. The summed E-state index contributed by atoms with van der Waals surface area (Å²) in [6, 6.07) is 0. The maximum absolute atomic E-state index is 12.8. The van der Waals surface area contributed by atoms with E-state index in [1.165, 1.54) is 19.3 Å². The quantitative estimate of drug-likeness (QED) is 0.801. The van der Waals surface area contributed by atoms with E-state index in [1.807, 2.05) is 0 Å². The standard InChI is InChI=1S/C16H24BrNO2/c17-16-7-11-4-12(8-16)6-15(5-11,10-16)14(19)18-9-13-2-1-3-20-13/h11-13H,1-10H2,(H,18,19). The molecule has 1 aliphatic heterocycles. The van der Waals surface area contributed by atoms with Crippen LogP contribution in [0.5, 0.6) is 0 Å². The summed E-state index contributed by atoms with van der Waals surface area (Å²) < 4.78 is 5.88. The van der Waals surface area contributed by atoms with Crippen LogP contribution in [0.2, 0.25) is 0 Å². The monoisotopic (exact) mass is 341 g/mol. The van der Waals surface area contributed by atoms with E-state index in [4.69, 9.17) is 4.74 Å². The van der Waals surface area contributed by atoms with Gasteiger partial charge in [-0.05, 0) is 63.2 Å². The van der Waals surface area contributed by atoms with Crippen molar-refractivity contribution in [2.24, 2.45) is 17.3 Å². The Morgan fingerprint density at radius 2 is 2.00 bits per heavy atom. The van der Waals surface area contributed by atoms with E-state index < -0.39 is 0 Å². The largest absolute Gasteiger partial charge is 0.376 e. The molecule has 3 nitrogen and oxygen atoms in total. The van der Waals surface area contributed by atoms with E-state index in [1.54, 1.807) is 0 Å². The first-order chi connectivity index (χ1) is 9.57. The molecule has 4 heteroatoms. The normalized spacial score (nSPS) is 49.5. The number of carbonyl (C=O) groups excluding carboxylic acids is 1. The Hall–Kier alpha value is -0.0900. The lowest BCUT2D eigenvalue weighted by molar-refractivity contribution is -0.144. The van der Waals surface area contributed by atoms with Gasteiger partial charge in [0.1, 0.15) is 0 Å². The van der Waals surface area contributed by atoms with Gasteiger partial charge in [-0.15, -0.1) is 0 Å². The van der Waals surface area contributed by atoms with Gasteiger partial charge in [0.15, 0.2) is 0 Å². The van der Waals surface area contributed by atoms with E-state index in [0.29, 0.717) is 12.5 Å². The fourth-order valence-electron chi connectivity index (χ4n) is 5.62. The number of rotatable bonds is 3. The maximum Gasteiger partial charge on any atom is 0.226 e. The number of hydrogen-bond donors (Lipinski definition) is 1. The van der Waals surface area contributed by atoms with Crippen LogP contribution in [0.15, 0.2) is 0 Å². The zero-order chi connectivity index (χ0) is 13.8. The topological polar surface area (TPSA) is 38.3 Å². The molecule has 1 heterocycles. The number of carbonyl (C=O) groups is 1. The molecule has 4 saturated carbocycles. The third-order valence-corrected chi connectivity index (χ3v) is 6.91. The van der Waals surface area contributed by atoms with Crippen LogP contribution in [0, 0.1) is 17.3 Å². The summed E-state index contributed by atoms with van der Waals surface area (Å²) in [4.78, 5) is 12.8. The fourth-order valence-corrected chi connectivity index (χ4v) is 7.07. The van der Waals surface area contributed by atoms with Crippen molar-refractivity contribution in [1.82, 2.24) is 5.32 Å². The Morgan fingerprint density at radius 3 is 2.60 bits per heavy atom. The Balaban J connectivity index is 1.45. The molecular weight excluding hydrogens is 318 g/mol. The van der Waals surface area contributed by atoms with Crippen LogP contribution in [0.3, 0.4) is 0 Å². The van der Waals surface area contributed by atoms with Gasteiger partial charge in [-0.3, -0.25) is 4.79 Å². The third-order valence-electron chi connectivity index (χ3n) is 5.99. The molecule has 1 amide bonds. The molecule has 0 radical (unpaired) electrons. The van der Waals surface area contributed by atoms with Crippen molar-refractivity contribution in [3.63, 3.8) is 0 Å². The van der Waals surface area contributed by atoms with Crippen LogP contribution in [-0.4, -0.2) is 29.5 Å². The summed E-state index contributed by atoms with van der Waals surface area (Å²) >= 11 is 3.97. The van der Waals surface area contributed by atoms with Gasteiger partial charge in [0.25, 0.3) is 0 Å². The molecule has 0 aromatic heterocycles. The van der Waals surface area contributed by atoms with Crippen molar-refractivity contribution in [2.45, 2.75) is 61.8 Å². The van der Waals surface area contributed by atoms with Crippen LogP contribution >= 0.6 is 15.9 Å². The molecule has 4 aliphatic carbocycles. The van der Waals surface area contributed by atoms with Gasteiger partial charge in [-0.1, -0.05) is 15.9 Å². The van der Waals surface area contributed by atoms with Crippen LogP contribution in [0.4, 0.5) is 0 Å². The average Bonchev–Trinajstić information content (AvgIpc) is 2.85. The Labute approximate surface area is 129 Å². The van der Waals surface area contributed by atoms with E-state index in [2.05, 4.69) is 21.2 Å². The lowest BCUT2D eigenvalue weighted by Gasteiger charge is -2.59. The third kappa shape index (κ3) is 2.23. The number of amides is 1. The summed E-state index contributed by atoms with van der Waals surface area (Å²) in [6.07, 6.45) is 9.70. The van der Waals surface area contributed by atoms with Crippen molar-refractivity contribution in [3.05, 3.63) is 0 Å². The number of halogens is 1. The summed E-state index contributed by atoms with van der Waals surface area (Å²) in [5.41, 5.74) is -0.0772. The molecule has 0 aromatic rings. The van der Waals surface area contributed by atoms with Gasteiger partial charge in [0, 0.05) is 17.5 Å². The second-order valence-electron chi connectivity index (χ2n) is 7.74. The molecule has 1 N–H and O–H groups in total. The van der Waals surface area contributed by atoms with Crippen molar-refractivity contribution >= 4 is 21.8 Å². The minimum Gasteiger partial charge on any atom is -0.376 e. The SMILES string of the molecule is O=C(NCC1CCCO1)C12CC3CC(CC(Br)(C3)C1)C2. The second-order valence-corrected chi connectivity index (χ2v) is 9.42. The van der Waals surface area contributed by atoms with Gasteiger partial charge in [0.05, 0.1) is 11.5 Å². The molecule has 1 saturated heterocycles. The van der Waals surface area contributed by atoms with Gasteiger partial charge in [-0.2, -0.15) is 0 Å². The van der Waals surface area contributed by atoms with E-state index in [9.17, 15) is 4.79 Å². The van der Waals surface area contributed by atoms with Crippen molar-refractivity contribution in [3.8, 4) is 0 Å². The van der Waals surface area contributed by atoms with Gasteiger partial charge >= 0.3 is 0 Å². The Morgan fingerprint density at radius 1 is 1.25 bits per heavy atom. The zero-order valence-electron chi connectivity index (χ0n) is 12.0. The number of ether oxygens (including phenoxy) is 1. The summed E-state index contributed by atoms with van der Waals surface area (Å²) in [5, 5.41) is 3.21. The molecule has 5 fully saturated rings. The van der Waals surface area contributed by atoms with Gasteiger partial charge in [0.2, 0.25) is 5.91 Å². The zero-order valence-corrected chi connectivity index (χ0v) is 13.6. The maximum atomic E-state index is 12.8. The number of alkyl halides is 1. The highest BCUT2D eigenvalue weighted by Gasteiger charge is 2.59. The van der Waals surface area contributed by atoms with Crippen molar-refractivity contribution in [2.75, 3.05) is 13.2 Å². The highest BCUT2D eigenvalue weighted by Crippen LogP contribution is 2.64. The van der Waals surface area contributed by atoms with E-state index in [-0.39, 0.29) is 15.8 Å². The van der Waals surface area contributed by atoms with Crippen LogP contribution < -0.4 is 5.32 Å². The fraction of sp³-hybridized carbons (Fsp3) is 0.938. The molecule has 0 aromatic carbocycles. The molecule has 0 spiro atoms. The Kier molecular flexibility index (Phi) is 3.19. The van der Waals surface area contributed by atoms with Crippen LogP contribution in [0.25, 0.3) is 0 Å². The minimum absolute atomic E-state index is 0.0772. The van der Waals surface area contributed by atoms with Crippen LogP contribution in [-0.2, 0) is 9.53 Å². The average molecular weight is 342 g/mol. The molecule has 5 rings (SSSR count). The molecule has 5 aliphatic rings. The molecule has 3 atom stereocenters. The molecule has 112 valence electrons. The predicted octanol–water partition coefficient (Wildman–Crippen LogP) is 3.02. The van der Waals surface area contributed by atoms with Crippen molar-refractivity contribution in [1.29, 1.82) is 0 Å². The first kappa shape index (κ1) is 13.6. The molecule has 3 unspecified atom stereocenters. The highest BCUT2D eigenvalue weighted by atomic mass is 79.9. The lowest BCUT2D eigenvalue weighted by atomic mass is 9.49. The van der Waals surface area contributed by atoms with Gasteiger partial charge < -0.3 is 10.1 Å². The first-order valence-corrected chi connectivity index (χ1v) is 8.95. The van der Waals surface area contributed by atoms with Crippen LogP contribution in [0.1, 0.15) is 51.4 Å². The first-order valence-electron chi connectivity index (χ1n) is 8.16. The minimum atomic E-state index is -0.0772. The summed E-state index contributed by atoms with van der Waals surface area (Å²) in [7, 11) is 0. The van der Waals surface area contributed by atoms with E-state index in [0.717, 1.165) is 50.5 Å². The molecule has 4 bridgehead atoms. The molecular formula is C16H24BrNO2.